The smallest absolute Gasteiger partial charge is 0.221 e. The predicted octanol–water partition coefficient (Wildman–Crippen LogP) is 4.53. The van der Waals surface area contributed by atoms with Crippen molar-refractivity contribution in [1.29, 1.82) is 0 Å². The van der Waals surface area contributed by atoms with Gasteiger partial charge in [-0.05, 0) is 24.3 Å². The molecule has 1 aromatic carbocycles. The molecule has 98 valence electrons. The zero-order chi connectivity index (χ0) is 14.0. The Kier molecular flexibility index (Phi) is 4.30. The van der Waals surface area contributed by atoms with E-state index in [1.165, 1.54) is 7.11 Å². The summed E-state index contributed by atoms with van der Waals surface area (Å²) in [5, 5.41) is 1.21. The molecule has 0 bridgehead atoms. The summed E-state index contributed by atoms with van der Waals surface area (Å²) in [6.07, 6.45) is 0.636. The summed E-state index contributed by atoms with van der Waals surface area (Å²) in [7, 11) is 1.46. The zero-order valence-corrected chi connectivity index (χ0v) is 12.1. The second kappa shape index (κ2) is 5.78. The van der Waals surface area contributed by atoms with Crippen molar-refractivity contribution >= 4 is 41.1 Å². The Labute approximate surface area is 125 Å². The molecule has 0 aliphatic carbocycles. The van der Waals surface area contributed by atoms with Gasteiger partial charge in [0.25, 0.3) is 0 Å². The molecule has 0 aliphatic heterocycles. The van der Waals surface area contributed by atoms with Crippen LogP contribution in [0.25, 0.3) is 11.1 Å². The Hall–Kier alpha value is -1.29. The Morgan fingerprint density at radius 1 is 1.16 bits per heavy atom. The molecular formula is C13H8Cl3NO2. The summed E-state index contributed by atoms with van der Waals surface area (Å²) in [6.45, 7) is 0. The minimum atomic E-state index is 0.266. The van der Waals surface area contributed by atoms with Gasteiger partial charge in [0.15, 0.2) is 6.29 Å². The number of aldehydes is 1. The van der Waals surface area contributed by atoms with Crippen molar-refractivity contribution in [1.82, 2.24) is 4.98 Å². The Bertz CT molecular complexity index is 621. The Morgan fingerprint density at radius 3 is 2.32 bits per heavy atom. The first-order valence-corrected chi connectivity index (χ1v) is 6.35. The number of rotatable bonds is 3. The third-order valence-corrected chi connectivity index (χ3v) is 3.29. The molecule has 0 amide bonds. The highest BCUT2D eigenvalue weighted by molar-refractivity contribution is 6.41. The lowest BCUT2D eigenvalue weighted by Crippen LogP contribution is -1.96. The quantitative estimate of drug-likeness (QED) is 0.781. The van der Waals surface area contributed by atoms with Crippen LogP contribution in [0.4, 0.5) is 0 Å². The second-order valence-corrected chi connectivity index (χ2v) is 4.91. The van der Waals surface area contributed by atoms with Gasteiger partial charge in [0.2, 0.25) is 5.88 Å². The summed E-state index contributed by atoms with van der Waals surface area (Å²) >= 11 is 18.2. The van der Waals surface area contributed by atoms with E-state index in [4.69, 9.17) is 39.5 Å². The maximum Gasteiger partial charge on any atom is 0.221 e. The van der Waals surface area contributed by atoms with E-state index in [0.29, 0.717) is 32.5 Å². The van der Waals surface area contributed by atoms with Crippen LogP contribution >= 0.6 is 34.8 Å². The van der Waals surface area contributed by atoms with Gasteiger partial charge in [-0.1, -0.05) is 34.8 Å². The van der Waals surface area contributed by atoms with Crippen molar-refractivity contribution < 1.29 is 9.53 Å². The van der Waals surface area contributed by atoms with E-state index in [2.05, 4.69) is 4.98 Å². The Balaban J connectivity index is 2.68. The van der Waals surface area contributed by atoms with Crippen LogP contribution in [0.3, 0.4) is 0 Å². The molecule has 0 N–H and O–H groups in total. The highest BCUT2D eigenvalue weighted by Crippen LogP contribution is 2.40. The number of halogens is 3. The molecule has 0 unspecified atom stereocenters. The van der Waals surface area contributed by atoms with E-state index in [0.717, 1.165) is 0 Å². The predicted molar refractivity (Wildman–Crippen MR) is 76.6 cm³/mol. The van der Waals surface area contributed by atoms with E-state index < -0.39 is 0 Å². The van der Waals surface area contributed by atoms with Gasteiger partial charge in [0, 0.05) is 16.1 Å². The molecule has 0 saturated carbocycles. The average molecular weight is 317 g/mol. The number of hydrogen-bond donors (Lipinski definition) is 0. The fourth-order valence-corrected chi connectivity index (χ4v) is 2.69. The molecule has 6 heteroatoms. The first kappa shape index (κ1) is 14.1. The SMILES string of the molecule is COc1nc(C=O)ccc1-c1c(Cl)cc(Cl)cc1Cl. The van der Waals surface area contributed by atoms with Crippen LogP contribution < -0.4 is 4.74 Å². The second-order valence-electron chi connectivity index (χ2n) is 3.66. The number of ether oxygens (including phenoxy) is 1. The first-order chi connectivity index (χ1) is 9.06. The molecule has 0 spiro atoms. The summed E-state index contributed by atoms with van der Waals surface area (Å²) in [5.41, 5.74) is 1.43. The minimum Gasteiger partial charge on any atom is -0.481 e. The van der Waals surface area contributed by atoms with Gasteiger partial charge in [0.1, 0.15) is 5.69 Å². The van der Waals surface area contributed by atoms with Crippen molar-refractivity contribution in [3.8, 4) is 17.0 Å². The van der Waals surface area contributed by atoms with E-state index in [9.17, 15) is 4.79 Å². The number of nitrogens with zero attached hydrogens (tertiary/aromatic N) is 1. The standard InChI is InChI=1S/C13H8Cl3NO2/c1-19-13-9(3-2-8(6-18)17-13)12-10(15)4-7(14)5-11(12)16/h2-6H,1H3. The molecule has 0 radical (unpaired) electrons. The molecule has 0 aliphatic rings. The number of aromatic nitrogens is 1. The van der Waals surface area contributed by atoms with Crippen molar-refractivity contribution in [2.75, 3.05) is 7.11 Å². The maximum atomic E-state index is 10.7. The topological polar surface area (TPSA) is 39.2 Å². The lowest BCUT2D eigenvalue weighted by molar-refractivity contribution is 0.111. The molecule has 1 aromatic heterocycles. The van der Waals surface area contributed by atoms with Gasteiger partial charge in [0.05, 0.1) is 17.2 Å². The van der Waals surface area contributed by atoms with Crippen molar-refractivity contribution in [3.63, 3.8) is 0 Å². The van der Waals surface area contributed by atoms with E-state index in [1.54, 1.807) is 24.3 Å². The minimum absolute atomic E-state index is 0.266. The monoisotopic (exact) mass is 315 g/mol. The van der Waals surface area contributed by atoms with Crippen LogP contribution in [0.5, 0.6) is 5.88 Å². The van der Waals surface area contributed by atoms with Crippen LogP contribution in [0.1, 0.15) is 10.5 Å². The molecule has 3 nitrogen and oxygen atoms in total. The summed E-state index contributed by atoms with van der Waals surface area (Å²) < 4.78 is 5.16. The van der Waals surface area contributed by atoms with Gasteiger partial charge in [-0.15, -0.1) is 0 Å². The van der Waals surface area contributed by atoms with Crippen LogP contribution in [-0.4, -0.2) is 18.4 Å². The lowest BCUT2D eigenvalue weighted by Gasteiger charge is -2.11. The molecule has 2 rings (SSSR count). The lowest BCUT2D eigenvalue weighted by atomic mass is 10.1. The first-order valence-electron chi connectivity index (χ1n) is 5.22. The molecule has 1 heterocycles. The third-order valence-electron chi connectivity index (χ3n) is 2.47. The van der Waals surface area contributed by atoms with E-state index in [-0.39, 0.29) is 11.6 Å². The number of methoxy groups -OCH3 is 1. The van der Waals surface area contributed by atoms with E-state index >= 15 is 0 Å². The molecule has 19 heavy (non-hydrogen) atoms. The van der Waals surface area contributed by atoms with Crippen LogP contribution in [0, 0.1) is 0 Å². The van der Waals surface area contributed by atoms with Crippen LogP contribution in [-0.2, 0) is 0 Å². The van der Waals surface area contributed by atoms with E-state index in [1.807, 2.05) is 0 Å². The molecule has 0 saturated heterocycles. The summed E-state index contributed by atoms with van der Waals surface area (Å²) in [4.78, 5) is 14.8. The molecule has 0 fully saturated rings. The molecule has 2 aromatic rings. The Morgan fingerprint density at radius 2 is 1.79 bits per heavy atom. The van der Waals surface area contributed by atoms with Crippen molar-refractivity contribution in [2.45, 2.75) is 0 Å². The summed E-state index contributed by atoms with van der Waals surface area (Å²) in [5.74, 6) is 0.274. The third kappa shape index (κ3) is 2.84. The van der Waals surface area contributed by atoms with Crippen molar-refractivity contribution in [2.24, 2.45) is 0 Å². The number of hydrogen-bond acceptors (Lipinski definition) is 3. The van der Waals surface area contributed by atoms with Gasteiger partial charge in [-0.2, -0.15) is 0 Å². The van der Waals surface area contributed by atoms with Crippen LogP contribution in [0.15, 0.2) is 24.3 Å². The summed E-state index contributed by atoms with van der Waals surface area (Å²) in [6, 6.07) is 6.40. The average Bonchev–Trinajstić information content (AvgIpc) is 2.37. The van der Waals surface area contributed by atoms with Gasteiger partial charge in [-0.3, -0.25) is 4.79 Å². The number of carbonyl (C=O) groups is 1. The maximum absolute atomic E-state index is 10.7. The van der Waals surface area contributed by atoms with Gasteiger partial charge >= 0.3 is 0 Å². The number of pyridine rings is 1. The highest BCUT2D eigenvalue weighted by Gasteiger charge is 2.16. The molecular weight excluding hydrogens is 309 g/mol. The molecule has 0 atom stereocenters. The van der Waals surface area contributed by atoms with Gasteiger partial charge < -0.3 is 4.74 Å². The number of carbonyl (C=O) groups excluding carboxylic acids is 1. The fraction of sp³-hybridized carbons (Fsp3) is 0.0769. The number of benzene rings is 1. The van der Waals surface area contributed by atoms with Crippen molar-refractivity contribution in [3.05, 3.63) is 45.0 Å². The van der Waals surface area contributed by atoms with Crippen LogP contribution in [0.2, 0.25) is 15.1 Å². The van der Waals surface area contributed by atoms with Gasteiger partial charge in [-0.25, -0.2) is 4.98 Å². The largest absolute Gasteiger partial charge is 0.481 e. The normalized spacial score (nSPS) is 10.3. The fourth-order valence-electron chi connectivity index (χ4n) is 1.67. The highest BCUT2D eigenvalue weighted by atomic mass is 35.5. The zero-order valence-electron chi connectivity index (χ0n) is 9.78.